The molecule has 2 aliphatic heterocycles. The number of thioether (sulfide) groups is 1. The van der Waals surface area contributed by atoms with Gasteiger partial charge in [0, 0.05) is 10.9 Å². The smallest absolute Gasteiger partial charge is 0.329 e. The maximum absolute atomic E-state index is 12.0. The van der Waals surface area contributed by atoms with E-state index >= 15 is 0 Å². The highest BCUT2D eigenvalue weighted by atomic mass is 32.2. The summed E-state index contributed by atoms with van der Waals surface area (Å²) >= 11 is 1.24. The van der Waals surface area contributed by atoms with E-state index < -0.39 is 34.9 Å². The van der Waals surface area contributed by atoms with E-state index in [4.69, 9.17) is 14.6 Å². The molecule has 0 unspecified atom stereocenters. The summed E-state index contributed by atoms with van der Waals surface area (Å²) in [6.07, 6.45) is 0. The summed E-state index contributed by atoms with van der Waals surface area (Å²) in [7, 11) is -1.61. The standard InChI is InChI=1S/C16H18N2O7S2/c1-24-11-4-2-10(3-5-11)18-12-8-27(22,23)9-13(12)26-16(18)17-14(19)6-25-7-15(20)21/h2-5,12-13H,6-9H2,1H3,(H,20,21)/t12-,13-/m1/s1. The van der Waals surface area contributed by atoms with Gasteiger partial charge in [-0.15, -0.1) is 0 Å². The van der Waals surface area contributed by atoms with E-state index in [-0.39, 0.29) is 22.8 Å². The fourth-order valence-corrected chi connectivity index (χ4v) is 6.91. The molecular formula is C16H18N2O7S2. The molecule has 0 saturated carbocycles. The maximum Gasteiger partial charge on any atom is 0.329 e. The van der Waals surface area contributed by atoms with Crippen molar-refractivity contribution in [2.24, 2.45) is 4.99 Å². The van der Waals surface area contributed by atoms with E-state index in [1.807, 2.05) is 0 Å². The molecule has 0 aromatic heterocycles. The highest BCUT2D eigenvalue weighted by Gasteiger charge is 2.49. The average Bonchev–Trinajstić information content (AvgIpc) is 3.05. The minimum atomic E-state index is -3.15. The molecule has 0 radical (unpaired) electrons. The molecule has 0 aliphatic carbocycles. The predicted octanol–water partition coefficient (Wildman–Crippen LogP) is 0.398. The van der Waals surface area contributed by atoms with Crippen LogP contribution in [0, 0.1) is 0 Å². The van der Waals surface area contributed by atoms with Gasteiger partial charge < -0.3 is 19.5 Å². The third-order valence-electron chi connectivity index (χ3n) is 4.09. The number of aliphatic carboxylic acids is 1. The highest BCUT2D eigenvalue weighted by Crippen LogP contribution is 2.41. The number of sulfone groups is 1. The zero-order valence-electron chi connectivity index (χ0n) is 14.4. The van der Waals surface area contributed by atoms with E-state index in [9.17, 15) is 18.0 Å². The van der Waals surface area contributed by atoms with Crippen LogP contribution in [0.2, 0.25) is 0 Å². The summed E-state index contributed by atoms with van der Waals surface area (Å²) in [6, 6.07) is 6.71. The molecule has 11 heteroatoms. The molecule has 2 saturated heterocycles. The van der Waals surface area contributed by atoms with Crippen molar-refractivity contribution in [2.45, 2.75) is 11.3 Å². The van der Waals surface area contributed by atoms with Crippen molar-refractivity contribution in [1.82, 2.24) is 0 Å². The van der Waals surface area contributed by atoms with E-state index in [1.54, 1.807) is 36.3 Å². The van der Waals surface area contributed by atoms with Crippen LogP contribution in [0.3, 0.4) is 0 Å². The predicted molar refractivity (Wildman–Crippen MR) is 100 cm³/mol. The molecule has 0 spiro atoms. The Balaban J connectivity index is 1.84. The van der Waals surface area contributed by atoms with E-state index in [0.717, 1.165) is 0 Å². The Labute approximate surface area is 160 Å². The maximum atomic E-state index is 12.0. The number of nitrogens with zero attached hydrogens (tertiary/aromatic N) is 2. The number of carboxylic acid groups (broad SMARTS) is 1. The van der Waals surface area contributed by atoms with Gasteiger partial charge in [-0.2, -0.15) is 4.99 Å². The number of hydrogen-bond donors (Lipinski definition) is 1. The summed E-state index contributed by atoms with van der Waals surface area (Å²) in [5.41, 5.74) is 0.700. The molecule has 146 valence electrons. The van der Waals surface area contributed by atoms with E-state index in [2.05, 4.69) is 4.99 Å². The molecular weight excluding hydrogens is 396 g/mol. The van der Waals surface area contributed by atoms with Crippen LogP contribution >= 0.6 is 11.8 Å². The molecule has 1 aromatic carbocycles. The molecule has 3 rings (SSSR count). The first kappa shape index (κ1) is 19.6. The number of methoxy groups -OCH3 is 1. The number of carbonyl (C=O) groups is 2. The topological polar surface area (TPSA) is 123 Å². The van der Waals surface area contributed by atoms with Gasteiger partial charge in [0.25, 0.3) is 5.91 Å². The number of amidine groups is 1. The van der Waals surface area contributed by atoms with E-state index in [0.29, 0.717) is 16.6 Å². The lowest BCUT2D eigenvalue weighted by Gasteiger charge is -2.24. The zero-order valence-corrected chi connectivity index (χ0v) is 16.0. The SMILES string of the molecule is COc1ccc(N2C(=NC(=O)COCC(=O)O)S[C@@H]3CS(=O)(=O)C[C@H]32)cc1. The van der Waals surface area contributed by atoms with Crippen LogP contribution in [0.4, 0.5) is 5.69 Å². The van der Waals surface area contributed by atoms with Crippen molar-refractivity contribution in [3.05, 3.63) is 24.3 Å². The number of benzene rings is 1. The van der Waals surface area contributed by atoms with Gasteiger partial charge in [-0.05, 0) is 24.3 Å². The lowest BCUT2D eigenvalue weighted by atomic mass is 10.2. The first-order valence-electron chi connectivity index (χ1n) is 8.00. The first-order chi connectivity index (χ1) is 12.8. The number of carbonyl (C=O) groups excluding carboxylic acids is 1. The Bertz CT molecular complexity index is 867. The van der Waals surface area contributed by atoms with Crippen LogP contribution in [0.5, 0.6) is 5.75 Å². The molecule has 1 amide bonds. The lowest BCUT2D eigenvalue weighted by Crippen LogP contribution is -2.37. The van der Waals surface area contributed by atoms with Crippen LogP contribution < -0.4 is 9.64 Å². The van der Waals surface area contributed by atoms with Crippen LogP contribution in [0.25, 0.3) is 0 Å². The summed E-state index contributed by atoms with van der Waals surface area (Å²) in [5.74, 6) is -1.14. The Morgan fingerprint density at radius 2 is 1.96 bits per heavy atom. The largest absolute Gasteiger partial charge is 0.497 e. The molecule has 2 heterocycles. The lowest BCUT2D eigenvalue weighted by molar-refractivity contribution is -0.143. The van der Waals surface area contributed by atoms with Crippen LogP contribution in [0.1, 0.15) is 0 Å². The number of anilines is 1. The summed E-state index contributed by atoms with van der Waals surface area (Å²) in [5, 5.41) is 8.71. The number of aliphatic imine (C=N–C) groups is 1. The van der Waals surface area contributed by atoms with Crippen LogP contribution in [0.15, 0.2) is 29.3 Å². The number of ether oxygens (including phenoxy) is 2. The van der Waals surface area contributed by atoms with Gasteiger partial charge in [0.05, 0.1) is 24.7 Å². The van der Waals surface area contributed by atoms with Crippen molar-refractivity contribution in [2.75, 3.05) is 36.7 Å². The Morgan fingerprint density at radius 1 is 1.26 bits per heavy atom. The molecule has 2 fully saturated rings. The number of fused-ring (bicyclic) bond motifs is 1. The summed E-state index contributed by atoms with van der Waals surface area (Å²) in [6.45, 7) is -1.05. The number of rotatable bonds is 6. The van der Waals surface area contributed by atoms with Crippen LogP contribution in [-0.2, 0) is 24.2 Å². The quantitative estimate of drug-likeness (QED) is 0.704. The first-order valence-corrected chi connectivity index (χ1v) is 10.7. The monoisotopic (exact) mass is 414 g/mol. The second-order valence-corrected chi connectivity index (χ2v) is 9.40. The van der Waals surface area contributed by atoms with Crippen molar-refractivity contribution < 1.29 is 32.6 Å². The Morgan fingerprint density at radius 3 is 2.59 bits per heavy atom. The molecule has 2 aliphatic rings. The molecule has 1 aromatic rings. The van der Waals surface area contributed by atoms with Gasteiger partial charge in [-0.3, -0.25) is 4.79 Å². The van der Waals surface area contributed by atoms with Gasteiger partial charge in [-0.1, -0.05) is 11.8 Å². The number of carboxylic acids is 1. The molecule has 2 atom stereocenters. The van der Waals surface area contributed by atoms with Gasteiger partial charge in [-0.25, -0.2) is 13.2 Å². The number of amides is 1. The zero-order chi connectivity index (χ0) is 19.6. The van der Waals surface area contributed by atoms with Crippen molar-refractivity contribution in [3.63, 3.8) is 0 Å². The van der Waals surface area contributed by atoms with Gasteiger partial charge in [0.1, 0.15) is 19.0 Å². The molecule has 9 nitrogen and oxygen atoms in total. The van der Waals surface area contributed by atoms with Crippen LogP contribution in [-0.4, -0.2) is 73.7 Å². The summed E-state index contributed by atoms with van der Waals surface area (Å²) in [4.78, 5) is 28.2. The third kappa shape index (κ3) is 4.60. The molecule has 27 heavy (non-hydrogen) atoms. The fraction of sp³-hybridized carbons (Fsp3) is 0.438. The van der Waals surface area contributed by atoms with Crippen molar-refractivity contribution in [1.29, 1.82) is 0 Å². The third-order valence-corrected chi connectivity index (χ3v) is 7.30. The van der Waals surface area contributed by atoms with Gasteiger partial charge >= 0.3 is 5.97 Å². The number of hydrogen-bond acceptors (Lipinski definition) is 7. The Kier molecular flexibility index (Phi) is 5.72. The minimum absolute atomic E-state index is 0.0145. The van der Waals surface area contributed by atoms with Gasteiger partial charge in [0.2, 0.25) is 0 Å². The fourth-order valence-electron chi connectivity index (χ4n) is 2.97. The van der Waals surface area contributed by atoms with E-state index in [1.165, 1.54) is 11.8 Å². The minimum Gasteiger partial charge on any atom is -0.497 e. The molecule has 0 bridgehead atoms. The summed E-state index contributed by atoms with van der Waals surface area (Å²) < 4.78 is 33.9. The second-order valence-electron chi connectivity index (χ2n) is 6.04. The van der Waals surface area contributed by atoms with Gasteiger partial charge in [0.15, 0.2) is 15.0 Å². The normalized spacial score (nSPS) is 24.8. The van der Waals surface area contributed by atoms with Crippen molar-refractivity contribution >= 4 is 44.3 Å². The molecule has 1 N–H and O–H groups in total. The second kappa shape index (κ2) is 7.87. The highest BCUT2D eigenvalue weighted by molar-refractivity contribution is 8.16. The average molecular weight is 414 g/mol. The van der Waals surface area contributed by atoms with Crippen molar-refractivity contribution in [3.8, 4) is 5.75 Å². The Hall–Kier alpha value is -2.11.